The Labute approximate surface area is 187 Å². The van der Waals surface area contributed by atoms with Gasteiger partial charge in [-0.1, -0.05) is 13.3 Å². The summed E-state index contributed by atoms with van der Waals surface area (Å²) in [5, 5.41) is 12.0. The molecule has 0 aromatic heterocycles. The van der Waals surface area contributed by atoms with Crippen LogP contribution in [-0.4, -0.2) is 54.8 Å². The van der Waals surface area contributed by atoms with Crippen LogP contribution < -0.4 is 21.3 Å². The summed E-state index contributed by atoms with van der Waals surface area (Å²) >= 11 is 0. The summed E-state index contributed by atoms with van der Waals surface area (Å²) in [6.45, 7) is 16.5. The fraction of sp³-hybridized carbons (Fsp3) is 0.842. The van der Waals surface area contributed by atoms with Gasteiger partial charge in [0.1, 0.15) is 12.1 Å². The van der Waals surface area contributed by atoms with Crippen molar-refractivity contribution in [1.82, 2.24) is 21.3 Å². The normalized spacial score (nSPS) is 13.1. The lowest BCUT2D eigenvalue weighted by molar-refractivity contribution is -0.121. The number of guanidine groups is 1. The Hall–Kier alpha value is -1.26. The van der Waals surface area contributed by atoms with Crippen molar-refractivity contribution in [2.45, 2.75) is 85.4 Å². The van der Waals surface area contributed by atoms with Crippen LogP contribution in [0, 0.1) is 0 Å². The lowest BCUT2D eigenvalue weighted by Gasteiger charge is -2.24. The number of amides is 2. The van der Waals surface area contributed by atoms with Gasteiger partial charge < -0.3 is 26.0 Å². The zero-order valence-electron chi connectivity index (χ0n) is 18.7. The van der Waals surface area contributed by atoms with Crippen molar-refractivity contribution in [2.75, 3.05) is 19.6 Å². The van der Waals surface area contributed by atoms with Gasteiger partial charge in [-0.05, 0) is 54.9 Å². The average molecular weight is 513 g/mol. The number of nitrogens with zero attached hydrogens (tertiary/aromatic N) is 1. The molecule has 0 bridgehead atoms. The van der Waals surface area contributed by atoms with Gasteiger partial charge in [-0.15, -0.1) is 24.0 Å². The predicted molar refractivity (Wildman–Crippen MR) is 125 cm³/mol. The van der Waals surface area contributed by atoms with Gasteiger partial charge in [-0.25, -0.2) is 9.79 Å². The Morgan fingerprint density at radius 1 is 1.04 bits per heavy atom. The number of hydrogen-bond acceptors (Lipinski definition) is 4. The molecular formula is C19H40IN5O3. The number of alkyl carbamates (subject to hydrolysis) is 1. The second-order valence-electron chi connectivity index (χ2n) is 8.51. The fourth-order valence-electron chi connectivity index (χ4n) is 2.22. The van der Waals surface area contributed by atoms with E-state index in [9.17, 15) is 9.59 Å². The molecule has 0 aromatic rings. The number of aliphatic imine (C=N–C) groups is 1. The number of halogens is 1. The third-order valence-electron chi connectivity index (χ3n) is 3.11. The summed E-state index contributed by atoms with van der Waals surface area (Å²) in [4.78, 5) is 28.2. The lowest BCUT2D eigenvalue weighted by atomic mass is 10.1. The fourth-order valence-corrected chi connectivity index (χ4v) is 2.22. The van der Waals surface area contributed by atoms with Crippen molar-refractivity contribution in [1.29, 1.82) is 0 Å². The van der Waals surface area contributed by atoms with Crippen LogP contribution in [0.5, 0.6) is 0 Å². The molecule has 2 amide bonds. The van der Waals surface area contributed by atoms with Crippen LogP contribution in [0.4, 0.5) is 4.79 Å². The van der Waals surface area contributed by atoms with Crippen molar-refractivity contribution >= 4 is 41.9 Å². The molecule has 28 heavy (non-hydrogen) atoms. The van der Waals surface area contributed by atoms with Gasteiger partial charge in [0.2, 0.25) is 5.91 Å². The largest absolute Gasteiger partial charge is 0.444 e. The van der Waals surface area contributed by atoms with E-state index in [0.29, 0.717) is 19.0 Å². The van der Waals surface area contributed by atoms with Crippen molar-refractivity contribution in [2.24, 2.45) is 4.99 Å². The third kappa shape index (κ3) is 16.9. The van der Waals surface area contributed by atoms with Crippen LogP contribution in [0.3, 0.4) is 0 Å². The van der Waals surface area contributed by atoms with E-state index in [-0.39, 0.29) is 48.0 Å². The first-order chi connectivity index (χ1) is 12.4. The second kappa shape index (κ2) is 13.8. The van der Waals surface area contributed by atoms with Crippen LogP contribution in [-0.2, 0) is 9.53 Å². The van der Waals surface area contributed by atoms with Gasteiger partial charge in [0, 0.05) is 24.7 Å². The van der Waals surface area contributed by atoms with Gasteiger partial charge in [-0.2, -0.15) is 0 Å². The van der Waals surface area contributed by atoms with E-state index in [1.165, 1.54) is 0 Å². The molecule has 0 saturated heterocycles. The number of carbonyl (C=O) groups excluding carboxylic acids is 2. The molecule has 1 unspecified atom stereocenters. The maximum Gasteiger partial charge on any atom is 0.407 e. The molecule has 0 radical (unpaired) electrons. The highest BCUT2D eigenvalue weighted by atomic mass is 127. The molecule has 1 atom stereocenters. The van der Waals surface area contributed by atoms with Crippen molar-refractivity contribution in [3.8, 4) is 0 Å². The molecule has 0 aliphatic rings. The van der Waals surface area contributed by atoms with Gasteiger partial charge >= 0.3 is 6.09 Å². The van der Waals surface area contributed by atoms with Crippen LogP contribution in [0.15, 0.2) is 4.99 Å². The van der Waals surface area contributed by atoms with E-state index in [1.54, 1.807) is 0 Å². The van der Waals surface area contributed by atoms with Gasteiger partial charge in [-0.3, -0.25) is 4.79 Å². The quantitative estimate of drug-likeness (QED) is 0.227. The molecule has 8 nitrogen and oxygen atoms in total. The molecular weight excluding hydrogens is 473 g/mol. The minimum atomic E-state index is -0.537. The van der Waals surface area contributed by atoms with Crippen LogP contribution in [0.2, 0.25) is 0 Å². The number of ether oxygens (including phenoxy) is 1. The molecule has 0 aliphatic carbocycles. The second-order valence-corrected chi connectivity index (χ2v) is 8.51. The molecule has 166 valence electrons. The van der Waals surface area contributed by atoms with Gasteiger partial charge in [0.25, 0.3) is 0 Å². The molecule has 9 heteroatoms. The standard InChI is InChI=1S/C19H39N5O3.HI/c1-9-11-14(23-17(26)27-19(6,7)8)12-21-16(20-10-2)22-13-15(25)24-18(3,4)5;/h14H,9-13H2,1-8H3,(H,23,26)(H,24,25)(H2,20,21,22);1H. The number of nitrogens with one attached hydrogen (secondary N) is 4. The Morgan fingerprint density at radius 2 is 1.64 bits per heavy atom. The van der Waals surface area contributed by atoms with Gasteiger partial charge in [0.05, 0.1) is 0 Å². The van der Waals surface area contributed by atoms with Crippen LogP contribution in [0.25, 0.3) is 0 Å². The maximum absolute atomic E-state index is 12.0. The molecule has 0 spiro atoms. The summed E-state index contributed by atoms with van der Waals surface area (Å²) in [7, 11) is 0. The Balaban J connectivity index is 0. The number of rotatable bonds is 8. The minimum absolute atomic E-state index is 0. The monoisotopic (exact) mass is 513 g/mol. The third-order valence-corrected chi connectivity index (χ3v) is 3.11. The van der Waals surface area contributed by atoms with E-state index >= 15 is 0 Å². The first kappa shape index (κ1) is 28.9. The smallest absolute Gasteiger partial charge is 0.407 e. The van der Waals surface area contributed by atoms with E-state index < -0.39 is 11.7 Å². The Kier molecular flexibility index (Phi) is 14.3. The minimum Gasteiger partial charge on any atom is -0.444 e. The SMILES string of the molecule is CCCC(CNC(=NCC(=O)NC(C)(C)C)NCC)NC(=O)OC(C)(C)C.I. The first-order valence-electron chi connectivity index (χ1n) is 9.69. The zero-order chi connectivity index (χ0) is 21.1. The highest BCUT2D eigenvalue weighted by molar-refractivity contribution is 14.0. The van der Waals surface area contributed by atoms with Crippen molar-refractivity contribution in [3.63, 3.8) is 0 Å². The molecule has 0 saturated carbocycles. The summed E-state index contributed by atoms with van der Waals surface area (Å²) in [6, 6.07) is -0.0999. The summed E-state index contributed by atoms with van der Waals surface area (Å²) < 4.78 is 5.32. The molecule has 0 heterocycles. The van der Waals surface area contributed by atoms with Gasteiger partial charge in [0.15, 0.2) is 5.96 Å². The first-order valence-corrected chi connectivity index (χ1v) is 9.69. The molecule has 0 aliphatic heterocycles. The predicted octanol–water partition coefficient (Wildman–Crippen LogP) is 2.77. The molecule has 0 aromatic carbocycles. The lowest BCUT2D eigenvalue weighted by Crippen LogP contribution is -2.48. The number of carbonyl (C=O) groups is 2. The maximum atomic E-state index is 12.0. The summed E-state index contributed by atoms with van der Waals surface area (Å²) in [5.74, 6) is 0.394. The van der Waals surface area contributed by atoms with E-state index in [0.717, 1.165) is 12.8 Å². The van der Waals surface area contributed by atoms with Crippen LogP contribution in [0.1, 0.15) is 68.2 Å². The summed E-state index contributed by atoms with van der Waals surface area (Å²) in [6.07, 6.45) is 1.29. The van der Waals surface area contributed by atoms with E-state index in [2.05, 4.69) is 33.2 Å². The van der Waals surface area contributed by atoms with Crippen LogP contribution >= 0.6 is 24.0 Å². The molecule has 0 rings (SSSR count). The Morgan fingerprint density at radius 3 is 2.11 bits per heavy atom. The Bertz CT molecular complexity index is 499. The molecule has 0 fully saturated rings. The number of hydrogen-bond donors (Lipinski definition) is 4. The highest BCUT2D eigenvalue weighted by Crippen LogP contribution is 2.07. The van der Waals surface area contributed by atoms with Crippen molar-refractivity contribution in [3.05, 3.63) is 0 Å². The molecule has 4 N–H and O–H groups in total. The topological polar surface area (TPSA) is 104 Å². The van der Waals surface area contributed by atoms with Crippen molar-refractivity contribution < 1.29 is 14.3 Å². The van der Waals surface area contributed by atoms with E-state index in [4.69, 9.17) is 4.74 Å². The average Bonchev–Trinajstić information content (AvgIpc) is 2.46. The summed E-state index contributed by atoms with van der Waals surface area (Å²) in [5.41, 5.74) is -0.826. The highest BCUT2D eigenvalue weighted by Gasteiger charge is 2.19. The zero-order valence-corrected chi connectivity index (χ0v) is 21.0. The van der Waals surface area contributed by atoms with E-state index in [1.807, 2.05) is 48.5 Å².